The van der Waals surface area contributed by atoms with Crippen molar-refractivity contribution in [1.29, 1.82) is 0 Å². The third-order valence-corrected chi connectivity index (χ3v) is 4.06. The van der Waals surface area contributed by atoms with Crippen LogP contribution in [0.1, 0.15) is 17.5 Å². The number of carbonyl (C=O) groups excluding carboxylic acids is 1. The van der Waals surface area contributed by atoms with Crippen LogP contribution in [0, 0.1) is 0 Å². The Hall–Kier alpha value is -2.61. The molecule has 0 spiro atoms. The second-order valence-electron chi connectivity index (χ2n) is 5.90. The molecule has 1 aliphatic heterocycles. The molecule has 5 nitrogen and oxygen atoms in total. The van der Waals surface area contributed by atoms with Crippen molar-refractivity contribution in [3.8, 4) is 5.69 Å². The van der Waals surface area contributed by atoms with Crippen LogP contribution in [0.3, 0.4) is 0 Å². The van der Waals surface area contributed by atoms with Crippen molar-refractivity contribution >= 4 is 11.5 Å². The second-order valence-corrected chi connectivity index (χ2v) is 5.90. The summed E-state index contributed by atoms with van der Waals surface area (Å²) < 4.78 is 39.9. The molecule has 0 bridgehead atoms. The molecule has 132 valence electrons. The number of nitrogens with zero attached hydrogens (tertiary/aromatic N) is 3. The molecule has 8 heteroatoms. The molecule has 0 saturated carbocycles. The van der Waals surface area contributed by atoms with Crippen molar-refractivity contribution in [3.63, 3.8) is 0 Å². The van der Waals surface area contributed by atoms with Gasteiger partial charge in [-0.1, -0.05) is 12.1 Å². The topological polar surface area (TPSA) is 64.2 Å². The lowest BCUT2D eigenvalue weighted by atomic mass is 10.0. The predicted octanol–water partition coefficient (Wildman–Crippen LogP) is 2.47. The molecule has 0 atom stereocenters. The minimum atomic E-state index is -4.39. The standard InChI is InChI=1S/C17H17F3N4O/c18-17(19,20)14-2-1-3-15(8-14)24-10-13(9-22-24)12-4-6-23(7-5-12)11-16(21)25/h1-4,8-10H,5-7,11H2,(H2,21,25). The number of hydrogen-bond donors (Lipinski definition) is 1. The first kappa shape index (κ1) is 17.2. The van der Waals surface area contributed by atoms with Gasteiger partial charge in [-0.15, -0.1) is 0 Å². The molecule has 1 aromatic heterocycles. The number of hydrogen-bond acceptors (Lipinski definition) is 3. The van der Waals surface area contributed by atoms with Gasteiger partial charge in [0.1, 0.15) is 0 Å². The first-order valence-electron chi connectivity index (χ1n) is 7.75. The van der Waals surface area contributed by atoms with Crippen molar-refractivity contribution < 1.29 is 18.0 Å². The highest BCUT2D eigenvalue weighted by molar-refractivity contribution is 5.76. The minimum Gasteiger partial charge on any atom is -0.369 e. The van der Waals surface area contributed by atoms with E-state index in [2.05, 4.69) is 5.10 Å². The number of alkyl halides is 3. The molecule has 1 aliphatic rings. The maximum absolute atomic E-state index is 12.8. The molecule has 0 radical (unpaired) electrons. The van der Waals surface area contributed by atoms with Crippen LogP contribution in [0.15, 0.2) is 42.7 Å². The smallest absolute Gasteiger partial charge is 0.369 e. The minimum absolute atomic E-state index is 0.216. The van der Waals surface area contributed by atoms with E-state index < -0.39 is 11.7 Å². The molecule has 25 heavy (non-hydrogen) atoms. The highest BCUT2D eigenvalue weighted by Crippen LogP contribution is 2.30. The molecule has 0 saturated heterocycles. The number of amides is 1. The zero-order valence-electron chi connectivity index (χ0n) is 13.3. The van der Waals surface area contributed by atoms with E-state index in [1.54, 1.807) is 18.5 Å². The number of primary amides is 1. The average Bonchev–Trinajstić information content (AvgIpc) is 3.04. The summed E-state index contributed by atoms with van der Waals surface area (Å²) in [4.78, 5) is 12.9. The lowest BCUT2D eigenvalue weighted by Crippen LogP contribution is -2.36. The van der Waals surface area contributed by atoms with E-state index in [-0.39, 0.29) is 12.5 Å². The number of nitrogens with two attached hydrogens (primary N) is 1. The van der Waals surface area contributed by atoms with Crippen molar-refractivity contribution in [2.24, 2.45) is 5.73 Å². The van der Waals surface area contributed by atoms with Gasteiger partial charge in [-0.25, -0.2) is 4.68 Å². The predicted molar refractivity (Wildman–Crippen MR) is 86.8 cm³/mol. The first-order valence-corrected chi connectivity index (χ1v) is 7.75. The van der Waals surface area contributed by atoms with Crippen LogP contribution in [-0.2, 0) is 11.0 Å². The third-order valence-electron chi connectivity index (χ3n) is 4.06. The Kier molecular flexibility index (Phi) is 4.63. The summed E-state index contributed by atoms with van der Waals surface area (Å²) in [6.07, 6.45) is 1.67. The Morgan fingerprint density at radius 3 is 2.76 bits per heavy atom. The van der Waals surface area contributed by atoms with Crippen molar-refractivity contribution in [3.05, 3.63) is 53.9 Å². The van der Waals surface area contributed by atoms with E-state index in [0.717, 1.165) is 29.7 Å². The normalized spacial score (nSPS) is 15.9. The van der Waals surface area contributed by atoms with Crippen LogP contribution >= 0.6 is 0 Å². The summed E-state index contributed by atoms with van der Waals surface area (Å²) >= 11 is 0. The zero-order chi connectivity index (χ0) is 18.0. The Bertz CT molecular complexity index is 810. The van der Waals surface area contributed by atoms with E-state index >= 15 is 0 Å². The monoisotopic (exact) mass is 350 g/mol. The van der Waals surface area contributed by atoms with E-state index in [9.17, 15) is 18.0 Å². The van der Waals surface area contributed by atoms with Gasteiger partial charge in [0, 0.05) is 24.8 Å². The number of carbonyl (C=O) groups is 1. The zero-order valence-corrected chi connectivity index (χ0v) is 13.3. The van der Waals surface area contributed by atoms with Gasteiger partial charge in [0.25, 0.3) is 0 Å². The molecule has 1 amide bonds. The van der Waals surface area contributed by atoms with Gasteiger partial charge in [0.05, 0.1) is 24.0 Å². The number of aromatic nitrogens is 2. The lowest BCUT2D eigenvalue weighted by Gasteiger charge is -2.24. The number of rotatable bonds is 4. The van der Waals surface area contributed by atoms with E-state index in [4.69, 9.17) is 5.73 Å². The molecule has 3 rings (SSSR count). The van der Waals surface area contributed by atoms with Crippen molar-refractivity contribution in [2.45, 2.75) is 12.6 Å². The van der Waals surface area contributed by atoms with E-state index in [1.165, 1.54) is 10.7 Å². The molecule has 2 heterocycles. The Labute approximate surface area is 142 Å². The Morgan fingerprint density at radius 2 is 2.12 bits per heavy atom. The molecule has 2 aromatic rings. The van der Waals surface area contributed by atoms with Gasteiger partial charge in [0.15, 0.2) is 0 Å². The van der Waals surface area contributed by atoms with Crippen molar-refractivity contribution in [2.75, 3.05) is 19.6 Å². The largest absolute Gasteiger partial charge is 0.416 e. The van der Waals surface area contributed by atoms with Crippen LogP contribution in [0.25, 0.3) is 11.3 Å². The van der Waals surface area contributed by atoms with Crippen LogP contribution in [0.2, 0.25) is 0 Å². The van der Waals surface area contributed by atoms with Crippen LogP contribution in [0.5, 0.6) is 0 Å². The second kappa shape index (κ2) is 6.72. The quantitative estimate of drug-likeness (QED) is 0.921. The molecule has 1 aromatic carbocycles. The highest BCUT2D eigenvalue weighted by atomic mass is 19.4. The van der Waals surface area contributed by atoms with E-state index in [0.29, 0.717) is 18.8 Å². The maximum atomic E-state index is 12.8. The summed E-state index contributed by atoms with van der Waals surface area (Å²) in [5.74, 6) is -0.366. The SMILES string of the molecule is NC(=O)CN1CC=C(c2cnn(-c3cccc(C(F)(F)F)c3)c2)CC1. The maximum Gasteiger partial charge on any atom is 0.416 e. The van der Waals surface area contributed by atoms with Crippen LogP contribution in [-0.4, -0.2) is 40.2 Å². The van der Waals surface area contributed by atoms with E-state index in [1.807, 2.05) is 11.0 Å². The molecular weight excluding hydrogens is 333 g/mol. The van der Waals surface area contributed by atoms with Gasteiger partial charge in [-0.3, -0.25) is 9.69 Å². The fraction of sp³-hybridized carbons (Fsp3) is 0.294. The van der Waals surface area contributed by atoms with Gasteiger partial charge < -0.3 is 5.73 Å². The fourth-order valence-electron chi connectivity index (χ4n) is 2.79. The average molecular weight is 350 g/mol. The first-order chi connectivity index (χ1) is 11.8. The van der Waals surface area contributed by atoms with Gasteiger partial charge in [-0.05, 0) is 30.2 Å². The molecular formula is C17H17F3N4O. The summed E-state index contributed by atoms with van der Waals surface area (Å²) in [5, 5.41) is 4.17. The summed E-state index contributed by atoms with van der Waals surface area (Å²) in [6.45, 7) is 1.52. The molecule has 0 fully saturated rings. The highest BCUT2D eigenvalue weighted by Gasteiger charge is 2.30. The van der Waals surface area contributed by atoms with Gasteiger partial charge >= 0.3 is 6.18 Å². The third kappa shape index (κ3) is 4.08. The summed E-state index contributed by atoms with van der Waals surface area (Å²) in [7, 11) is 0. The Morgan fingerprint density at radius 1 is 1.32 bits per heavy atom. The molecule has 0 aliphatic carbocycles. The van der Waals surface area contributed by atoms with Crippen LogP contribution < -0.4 is 5.73 Å². The molecule has 2 N–H and O–H groups in total. The summed E-state index contributed by atoms with van der Waals surface area (Å²) in [5.41, 5.74) is 6.74. The lowest BCUT2D eigenvalue weighted by molar-refractivity contribution is -0.137. The van der Waals surface area contributed by atoms with Gasteiger partial charge in [0.2, 0.25) is 5.91 Å². The summed E-state index contributed by atoms with van der Waals surface area (Å²) in [6, 6.07) is 5.04. The molecule has 0 unspecified atom stereocenters. The van der Waals surface area contributed by atoms with Gasteiger partial charge in [-0.2, -0.15) is 18.3 Å². The number of halogens is 3. The Balaban J connectivity index is 1.77. The fourth-order valence-corrected chi connectivity index (χ4v) is 2.79. The van der Waals surface area contributed by atoms with Crippen LogP contribution in [0.4, 0.5) is 13.2 Å². The van der Waals surface area contributed by atoms with Crippen molar-refractivity contribution in [1.82, 2.24) is 14.7 Å². The number of benzene rings is 1.